The Kier molecular flexibility index (Phi) is 4.72. The molecule has 0 saturated carbocycles. The second-order valence-corrected chi connectivity index (χ2v) is 7.33. The van der Waals surface area contributed by atoms with Crippen molar-refractivity contribution in [1.82, 2.24) is 9.88 Å². The molecule has 5 heteroatoms. The van der Waals surface area contributed by atoms with Crippen LogP contribution in [0.5, 0.6) is 0 Å². The van der Waals surface area contributed by atoms with Crippen molar-refractivity contribution in [2.45, 2.75) is 38.4 Å². The molecule has 1 aromatic heterocycles. The van der Waals surface area contributed by atoms with Gasteiger partial charge in [0.1, 0.15) is 0 Å². The lowest BCUT2D eigenvalue weighted by molar-refractivity contribution is -0.137. The number of hydrogen-bond donors (Lipinski definition) is 1. The van der Waals surface area contributed by atoms with E-state index in [9.17, 15) is 13.2 Å². The Morgan fingerprint density at radius 2 is 1.59 bits per heavy atom. The number of aryl methyl sites for hydroxylation is 1. The van der Waals surface area contributed by atoms with Gasteiger partial charge >= 0.3 is 6.18 Å². The molecule has 2 nitrogen and oxygen atoms in total. The maximum absolute atomic E-state index is 13.0. The van der Waals surface area contributed by atoms with Crippen molar-refractivity contribution in [2.24, 2.45) is 0 Å². The van der Waals surface area contributed by atoms with Gasteiger partial charge in [-0.25, -0.2) is 0 Å². The highest BCUT2D eigenvalue weighted by molar-refractivity contribution is 5.85. The highest BCUT2D eigenvalue weighted by atomic mass is 19.4. The zero-order chi connectivity index (χ0) is 19.0. The van der Waals surface area contributed by atoms with Crippen molar-refractivity contribution in [2.75, 3.05) is 13.1 Å². The number of rotatable bonds is 3. The molecule has 0 unspecified atom stereocenters. The quantitative estimate of drug-likeness (QED) is 0.591. The third-order valence-electron chi connectivity index (χ3n) is 5.53. The lowest BCUT2D eigenvalue weighted by Crippen LogP contribution is -2.34. The molecule has 0 radical (unpaired) electrons. The van der Waals surface area contributed by atoms with Crippen molar-refractivity contribution in [1.29, 1.82) is 0 Å². The summed E-state index contributed by atoms with van der Waals surface area (Å²) in [5.41, 5.74) is 3.63. The van der Waals surface area contributed by atoms with Crippen LogP contribution in [-0.2, 0) is 6.18 Å². The Morgan fingerprint density at radius 1 is 0.926 bits per heavy atom. The van der Waals surface area contributed by atoms with Crippen molar-refractivity contribution in [3.63, 3.8) is 0 Å². The van der Waals surface area contributed by atoms with Gasteiger partial charge < -0.3 is 4.98 Å². The Morgan fingerprint density at radius 3 is 2.26 bits per heavy atom. The zero-order valence-corrected chi connectivity index (χ0v) is 15.3. The molecule has 1 atom stereocenters. The van der Waals surface area contributed by atoms with Gasteiger partial charge in [-0.2, -0.15) is 13.2 Å². The van der Waals surface area contributed by atoms with Crippen molar-refractivity contribution in [3.8, 4) is 0 Å². The predicted molar refractivity (Wildman–Crippen MR) is 102 cm³/mol. The number of nitrogens with one attached hydrogen (secondary N) is 1. The number of hydrogen-bond acceptors (Lipinski definition) is 1. The molecular weight excluding hydrogens is 349 g/mol. The Balaban J connectivity index is 1.83. The first-order chi connectivity index (χ1) is 12.9. The van der Waals surface area contributed by atoms with E-state index in [-0.39, 0.29) is 6.04 Å². The summed E-state index contributed by atoms with van der Waals surface area (Å²) in [5, 5.41) is 1.14. The van der Waals surface area contributed by atoms with E-state index in [1.165, 1.54) is 24.1 Å². The molecular formula is C22H23F3N2. The van der Waals surface area contributed by atoms with Gasteiger partial charge in [-0.15, -0.1) is 0 Å². The summed E-state index contributed by atoms with van der Waals surface area (Å²) >= 11 is 0. The first kappa shape index (κ1) is 18.1. The highest BCUT2D eigenvalue weighted by Gasteiger charge is 2.32. The van der Waals surface area contributed by atoms with E-state index in [4.69, 9.17) is 0 Å². The lowest BCUT2D eigenvalue weighted by Gasteiger charge is -2.35. The van der Waals surface area contributed by atoms with Crippen LogP contribution in [0, 0.1) is 6.92 Å². The monoisotopic (exact) mass is 372 g/mol. The van der Waals surface area contributed by atoms with Crippen LogP contribution in [-0.4, -0.2) is 23.0 Å². The van der Waals surface area contributed by atoms with Crippen molar-refractivity contribution >= 4 is 10.9 Å². The van der Waals surface area contributed by atoms with Gasteiger partial charge in [0.2, 0.25) is 0 Å². The molecule has 27 heavy (non-hydrogen) atoms. The number of benzene rings is 2. The number of aromatic amines is 1. The number of halogens is 3. The molecule has 0 amide bonds. The number of aromatic nitrogens is 1. The number of piperidine rings is 1. The summed E-state index contributed by atoms with van der Waals surface area (Å²) in [5.74, 6) is 0. The third-order valence-corrected chi connectivity index (χ3v) is 5.53. The van der Waals surface area contributed by atoms with Crippen LogP contribution in [0.3, 0.4) is 0 Å². The number of fused-ring (bicyclic) bond motifs is 1. The van der Waals surface area contributed by atoms with Crippen LogP contribution in [0.25, 0.3) is 10.9 Å². The van der Waals surface area contributed by atoms with Gasteiger partial charge in [-0.05, 0) is 56.6 Å². The molecule has 2 aromatic carbocycles. The first-order valence-corrected chi connectivity index (χ1v) is 9.43. The van der Waals surface area contributed by atoms with Gasteiger partial charge in [0.25, 0.3) is 0 Å². The van der Waals surface area contributed by atoms with E-state index in [1.807, 2.05) is 18.2 Å². The van der Waals surface area contributed by atoms with E-state index >= 15 is 0 Å². The summed E-state index contributed by atoms with van der Waals surface area (Å²) in [6, 6.07) is 13.8. The Bertz CT molecular complexity index is 919. The number of para-hydroxylation sites is 1. The topological polar surface area (TPSA) is 19.0 Å². The average Bonchev–Trinajstić information content (AvgIpc) is 2.99. The molecule has 1 aliphatic heterocycles. The van der Waals surface area contributed by atoms with E-state index in [2.05, 4.69) is 22.9 Å². The normalized spacial score (nSPS) is 17.3. The summed E-state index contributed by atoms with van der Waals surface area (Å²) in [6.07, 6.45) is -0.851. The van der Waals surface area contributed by atoms with E-state index in [0.29, 0.717) is 0 Å². The molecule has 1 fully saturated rings. The standard InChI is InChI=1S/C22H23F3N2/c1-15-20(18-7-3-4-8-19(18)26-15)21(27-13-5-2-6-14-27)16-9-11-17(12-10-16)22(23,24)25/h3-4,7-12,21,26H,2,5-6,13-14H2,1H3/t21-/m0/s1. The molecule has 142 valence electrons. The molecule has 2 heterocycles. The number of alkyl halides is 3. The van der Waals surface area contributed by atoms with Gasteiger partial charge in [0.15, 0.2) is 0 Å². The molecule has 1 aliphatic rings. The fraction of sp³-hybridized carbons (Fsp3) is 0.364. The zero-order valence-electron chi connectivity index (χ0n) is 15.3. The Hall–Kier alpha value is -2.27. The molecule has 4 rings (SSSR count). The van der Waals surface area contributed by atoms with E-state index in [1.54, 1.807) is 12.1 Å². The average molecular weight is 372 g/mol. The molecule has 1 N–H and O–H groups in total. The third kappa shape index (κ3) is 3.48. The van der Waals surface area contributed by atoms with Crippen molar-refractivity contribution < 1.29 is 13.2 Å². The van der Waals surface area contributed by atoms with E-state index in [0.717, 1.165) is 48.1 Å². The molecule has 0 spiro atoms. The van der Waals surface area contributed by atoms with Crippen LogP contribution >= 0.6 is 0 Å². The smallest absolute Gasteiger partial charge is 0.358 e. The van der Waals surface area contributed by atoms with Crippen molar-refractivity contribution in [3.05, 3.63) is 70.9 Å². The lowest BCUT2D eigenvalue weighted by atomic mass is 9.92. The largest absolute Gasteiger partial charge is 0.416 e. The second kappa shape index (κ2) is 7.04. The van der Waals surface area contributed by atoms with Crippen LogP contribution in [0.15, 0.2) is 48.5 Å². The number of H-pyrrole nitrogens is 1. The molecule has 0 aliphatic carbocycles. The summed E-state index contributed by atoms with van der Waals surface area (Å²) < 4.78 is 39.0. The fourth-order valence-electron chi connectivity index (χ4n) is 4.24. The SMILES string of the molecule is Cc1[nH]c2ccccc2c1[C@H](c1ccc(C(F)(F)F)cc1)N1CCCCC1. The molecule has 1 saturated heterocycles. The van der Waals surface area contributed by atoms with Crippen LogP contribution in [0.1, 0.15) is 47.7 Å². The van der Waals surface area contributed by atoms with Gasteiger partial charge in [0.05, 0.1) is 11.6 Å². The van der Waals surface area contributed by atoms with Crippen LogP contribution in [0.2, 0.25) is 0 Å². The van der Waals surface area contributed by atoms with Crippen LogP contribution < -0.4 is 0 Å². The summed E-state index contributed by atoms with van der Waals surface area (Å²) in [4.78, 5) is 5.86. The minimum absolute atomic E-state index is 0.0382. The summed E-state index contributed by atoms with van der Waals surface area (Å²) in [6.45, 7) is 3.98. The number of nitrogens with zero attached hydrogens (tertiary/aromatic N) is 1. The van der Waals surface area contributed by atoms with Gasteiger partial charge in [-0.1, -0.05) is 36.8 Å². The second-order valence-electron chi connectivity index (χ2n) is 7.33. The maximum Gasteiger partial charge on any atom is 0.416 e. The first-order valence-electron chi connectivity index (χ1n) is 9.43. The highest BCUT2D eigenvalue weighted by Crippen LogP contribution is 2.38. The summed E-state index contributed by atoms with van der Waals surface area (Å²) in [7, 11) is 0. The molecule has 3 aromatic rings. The van der Waals surface area contributed by atoms with Gasteiger partial charge in [0, 0.05) is 22.2 Å². The minimum Gasteiger partial charge on any atom is -0.358 e. The van der Waals surface area contributed by atoms with E-state index < -0.39 is 11.7 Å². The maximum atomic E-state index is 13.0. The predicted octanol–water partition coefficient (Wildman–Crippen LogP) is 6.07. The minimum atomic E-state index is -4.31. The van der Waals surface area contributed by atoms with Gasteiger partial charge in [-0.3, -0.25) is 4.90 Å². The Labute approximate surface area is 157 Å². The fourth-order valence-corrected chi connectivity index (χ4v) is 4.24. The molecule has 0 bridgehead atoms. The number of likely N-dealkylation sites (tertiary alicyclic amines) is 1. The van der Waals surface area contributed by atoms with Crippen LogP contribution in [0.4, 0.5) is 13.2 Å².